The van der Waals surface area contributed by atoms with Crippen molar-refractivity contribution in [1.82, 2.24) is 0 Å². The predicted molar refractivity (Wildman–Crippen MR) is 196 cm³/mol. The molecule has 0 amide bonds. The third kappa shape index (κ3) is 13.0. The number of esters is 9. The van der Waals surface area contributed by atoms with E-state index in [0.717, 1.165) is 62.5 Å². The number of methoxy groups -OCH3 is 1. The van der Waals surface area contributed by atoms with E-state index in [1.807, 2.05) is 0 Å². The molecule has 0 aromatic carbocycles. The molecule has 0 aromatic heterocycles. The van der Waals surface area contributed by atoms with Gasteiger partial charge in [0.05, 0.1) is 13.7 Å². The standard InChI is InChI=1S/C38H52O26/c1-14(40)50-12-23-26(52-16(3)42)28(53-17(4)43)31(56-20(7)46)35(59-23)62-27-24(13-51-15(2)41)60-34(32(57-21(8)47)29(27)54-18(5)44)61-25-22(11-39)58-36-33(30(25)55-19(6)45)63-38(9,64-36)37(48)49-10/h22-36,39H,11-13H2,1-10H3/t22-,23?,24?,25+,26-,27-,28+,29+,30?,31?,32?,33?,34-,35+,36+,38?/m0/s1. The molecule has 4 fully saturated rings. The Hall–Kier alpha value is -5.09. The van der Waals surface area contributed by atoms with Crippen molar-refractivity contribution in [2.24, 2.45) is 0 Å². The van der Waals surface area contributed by atoms with E-state index < -0.39 is 171 Å². The quantitative estimate of drug-likeness (QED) is 0.129. The maximum Gasteiger partial charge on any atom is 0.366 e. The maximum absolute atomic E-state index is 12.9. The minimum atomic E-state index is -2.10. The summed E-state index contributed by atoms with van der Waals surface area (Å²) in [7, 11) is 1.06. The third-order valence-corrected chi connectivity index (χ3v) is 9.51. The van der Waals surface area contributed by atoms with E-state index in [-0.39, 0.29) is 0 Å². The largest absolute Gasteiger partial charge is 0.465 e. The van der Waals surface area contributed by atoms with Crippen molar-refractivity contribution < 1.29 is 124 Å². The Morgan fingerprint density at radius 3 is 1.25 bits per heavy atom. The number of aliphatic hydroxyl groups excluding tert-OH is 1. The minimum absolute atomic E-state index is 0.663. The Morgan fingerprint density at radius 1 is 0.469 bits per heavy atom. The Morgan fingerprint density at radius 2 is 0.844 bits per heavy atom. The molecule has 7 unspecified atom stereocenters. The van der Waals surface area contributed by atoms with Gasteiger partial charge in [-0.2, -0.15) is 0 Å². The molecule has 4 rings (SSSR count). The third-order valence-electron chi connectivity index (χ3n) is 9.51. The van der Waals surface area contributed by atoms with Crippen LogP contribution in [0, 0.1) is 0 Å². The molecule has 0 aromatic rings. The van der Waals surface area contributed by atoms with E-state index in [1.54, 1.807) is 0 Å². The number of carbonyl (C=O) groups is 9. The molecule has 4 heterocycles. The molecule has 26 nitrogen and oxygen atoms in total. The van der Waals surface area contributed by atoms with E-state index >= 15 is 0 Å². The van der Waals surface area contributed by atoms with Crippen molar-refractivity contribution in [2.45, 2.75) is 160 Å². The first-order valence-electron chi connectivity index (χ1n) is 19.6. The van der Waals surface area contributed by atoms with Gasteiger partial charge in [-0.1, -0.05) is 0 Å². The smallest absolute Gasteiger partial charge is 0.366 e. The van der Waals surface area contributed by atoms with E-state index in [9.17, 15) is 48.3 Å². The number of ether oxygens (including phenoxy) is 16. The monoisotopic (exact) mass is 924 g/mol. The number of hydrogen-bond donors (Lipinski definition) is 1. The molecular formula is C38H52O26. The second-order valence-electron chi connectivity index (χ2n) is 14.7. The number of carbonyl (C=O) groups excluding carboxylic acids is 9. The van der Waals surface area contributed by atoms with Gasteiger partial charge >= 0.3 is 53.7 Å². The molecule has 360 valence electrons. The SMILES string of the molecule is COC(=O)C1(C)OC2C(OC(C)=O)[C@H](O[C@@H]3OC(COC(C)=O)[C@H](O[C@H]4OC(COC(C)=O)[C@H](OC(C)=O)[C@@H](OC(C)=O)C4OC(C)=O)[C@@H](OC(C)=O)C3OC(C)=O)[C@H](CO)O[C@@H]2O1. The van der Waals surface area contributed by atoms with Crippen LogP contribution in [0.15, 0.2) is 0 Å². The minimum Gasteiger partial charge on any atom is -0.465 e. The van der Waals surface area contributed by atoms with E-state index in [2.05, 4.69) is 0 Å². The van der Waals surface area contributed by atoms with Gasteiger partial charge in [-0.15, -0.1) is 0 Å². The second kappa shape index (κ2) is 22.2. The topological polar surface area (TPSA) is 322 Å². The first-order chi connectivity index (χ1) is 30.0. The van der Waals surface area contributed by atoms with Gasteiger partial charge in [-0.25, -0.2) is 4.79 Å². The van der Waals surface area contributed by atoms with Gasteiger partial charge in [0.2, 0.25) is 0 Å². The molecular weight excluding hydrogens is 872 g/mol. The van der Waals surface area contributed by atoms with Gasteiger partial charge in [0.15, 0.2) is 61.6 Å². The van der Waals surface area contributed by atoms with Crippen LogP contribution in [0.5, 0.6) is 0 Å². The lowest BCUT2D eigenvalue weighted by atomic mass is 9.95. The molecule has 0 aliphatic carbocycles. The van der Waals surface area contributed by atoms with Crippen LogP contribution in [0.2, 0.25) is 0 Å². The zero-order valence-electron chi connectivity index (χ0n) is 36.4. The number of aliphatic hydroxyl groups is 1. The number of hydrogen-bond acceptors (Lipinski definition) is 26. The zero-order chi connectivity index (χ0) is 47.8. The molecule has 0 bridgehead atoms. The van der Waals surface area contributed by atoms with Gasteiger partial charge in [-0.3, -0.25) is 38.4 Å². The number of fused-ring (bicyclic) bond motifs is 1. The summed E-state index contributed by atoms with van der Waals surface area (Å²) in [5, 5.41) is 10.5. The molecule has 64 heavy (non-hydrogen) atoms. The molecule has 0 saturated carbocycles. The van der Waals surface area contributed by atoms with Gasteiger partial charge in [0.1, 0.15) is 43.7 Å². The molecule has 0 radical (unpaired) electrons. The lowest BCUT2D eigenvalue weighted by molar-refractivity contribution is -0.375. The van der Waals surface area contributed by atoms with Crippen molar-refractivity contribution in [3.05, 3.63) is 0 Å². The van der Waals surface area contributed by atoms with E-state index in [1.165, 1.54) is 6.92 Å². The Balaban J connectivity index is 1.85. The average Bonchev–Trinajstić information content (AvgIpc) is 3.54. The molecule has 4 aliphatic heterocycles. The normalized spacial score (nSPS) is 35.6. The fourth-order valence-electron chi connectivity index (χ4n) is 7.26. The molecule has 4 saturated heterocycles. The van der Waals surface area contributed by atoms with Crippen molar-refractivity contribution >= 4 is 53.7 Å². The average molecular weight is 925 g/mol. The molecule has 4 aliphatic rings. The summed E-state index contributed by atoms with van der Waals surface area (Å²) in [5.41, 5.74) is 0. The van der Waals surface area contributed by atoms with Crippen LogP contribution in [0.1, 0.15) is 62.3 Å². The van der Waals surface area contributed by atoms with Crippen LogP contribution < -0.4 is 0 Å². The summed E-state index contributed by atoms with van der Waals surface area (Å²) in [4.78, 5) is 112. The molecule has 1 N–H and O–H groups in total. The van der Waals surface area contributed by atoms with Gasteiger partial charge in [0, 0.05) is 62.3 Å². The molecule has 0 spiro atoms. The Kier molecular flexibility index (Phi) is 17.9. The van der Waals surface area contributed by atoms with Crippen molar-refractivity contribution in [3.8, 4) is 0 Å². The summed E-state index contributed by atoms with van der Waals surface area (Å²) in [6, 6.07) is 0. The second-order valence-corrected chi connectivity index (χ2v) is 14.7. The summed E-state index contributed by atoms with van der Waals surface area (Å²) in [5.74, 6) is -10.6. The first-order valence-corrected chi connectivity index (χ1v) is 19.6. The maximum atomic E-state index is 12.9. The van der Waals surface area contributed by atoms with Crippen LogP contribution in [-0.4, -0.2) is 184 Å². The van der Waals surface area contributed by atoms with Crippen LogP contribution in [0.3, 0.4) is 0 Å². The summed E-state index contributed by atoms with van der Waals surface area (Å²) < 4.78 is 90.9. The van der Waals surface area contributed by atoms with E-state index in [0.29, 0.717) is 0 Å². The number of rotatable bonds is 16. The lowest BCUT2D eigenvalue weighted by Crippen LogP contribution is -2.68. The van der Waals surface area contributed by atoms with Crippen molar-refractivity contribution in [2.75, 3.05) is 26.9 Å². The molecule has 16 atom stereocenters. The van der Waals surface area contributed by atoms with Gasteiger partial charge < -0.3 is 80.9 Å². The van der Waals surface area contributed by atoms with Crippen molar-refractivity contribution in [3.63, 3.8) is 0 Å². The highest BCUT2D eigenvalue weighted by Crippen LogP contribution is 2.42. The Labute approximate surface area is 364 Å². The summed E-state index contributed by atoms with van der Waals surface area (Å²) in [6.07, 6.45) is -25.5. The van der Waals surface area contributed by atoms with Gasteiger partial charge in [-0.05, 0) is 0 Å². The fraction of sp³-hybridized carbons (Fsp3) is 0.763. The Bertz CT molecular complexity index is 1750. The van der Waals surface area contributed by atoms with Crippen molar-refractivity contribution in [1.29, 1.82) is 0 Å². The summed E-state index contributed by atoms with van der Waals surface area (Å²) >= 11 is 0. The van der Waals surface area contributed by atoms with Crippen LogP contribution in [0.25, 0.3) is 0 Å². The van der Waals surface area contributed by atoms with Crippen LogP contribution in [0.4, 0.5) is 0 Å². The van der Waals surface area contributed by atoms with Gasteiger partial charge in [0.25, 0.3) is 5.79 Å². The lowest BCUT2D eigenvalue weighted by Gasteiger charge is -2.50. The highest BCUT2D eigenvalue weighted by molar-refractivity contribution is 5.77. The zero-order valence-corrected chi connectivity index (χ0v) is 36.4. The highest BCUT2D eigenvalue weighted by atomic mass is 16.9. The summed E-state index contributed by atoms with van der Waals surface area (Å²) in [6.45, 7) is 6.94. The van der Waals surface area contributed by atoms with Crippen LogP contribution >= 0.6 is 0 Å². The molecule has 26 heteroatoms. The van der Waals surface area contributed by atoms with E-state index in [4.69, 9.17) is 75.8 Å². The highest BCUT2D eigenvalue weighted by Gasteiger charge is 2.63. The predicted octanol–water partition coefficient (Wildman–Crippen LogP) is -2.06. The van der Waals surface area contributed by atoms with Crippen LogP contribution in [-0.2, 0) is 119 Å². The fourth-order valence-corrected chi connectivity index (χ4v) is 7.26. The first kappa shape index (κ1) is 51.5.